The van der Waals surface area contributed by atoms with Crippen molar-refractivity contribution in [1.29, 1.82) is 0 Å². The number of anilines is 2. The summed E-state index contributed by atoms with van der Waals surface area (Å²) in [5.41, 5.74) is 1.63. The molecule has 1 aliphatic heterocycles. The molecule has 1 saturated heterocycles. The summed E-state index contributed by atoms with van der Waals surface area (Å²) in [5, 5.41) is 5.70. The average Bonchev–Trinajstić information content (AvgIpc) is 3.14. The number of hydrogen-bond donors (Lipinski definition) is 2. The molecule has 1 fully saturated rings. The average molecular weight is 370 g/mol. The lowest BCUT2D eigenvalue weighted by Gasteiger charge is -2.25. The van der Waals surface area contributed by atoms with Gasteiger partial charge in [-0.1, -0.05) is 20.3 Å². The number of rotatable bonds is 6. The van der Waals surface area contributed by atoms with E-state index in [0.717, 1.165) is 25.9 Å². The van der Waals surface area contributed by atoms with Gasteiger partial charge >= 0.3 is 0 Å². The molecule has 3 rings (SSSR count). The predicted molar refractivity (Wildman–Crippen MR) is 104 cm³/mol. The second-order valence-corrected chi connectivity index (χ2v) is 7.14. The number of aromatic nitrogens is 1. The van der Waals surface area contributed by atoms with Crippen LogP contribution >= 0.6 is 0 Å². The Hall–Kier alpha value is -2.67. The van der Waals surface area contributed by atoms with Gasteiger partial charge in [0.2, 0.25) is 5.91 Å². The molecule has 0 atom stereocenters. The highest BCUT2D eigenvalue weighted by Gasteiger charge is 2.19. The van der Waals surface area contributed by atoms with Gasteiger partial charge in [0.1, 0.15) is 5.76 Å². The number of piperidine rings is 1. The van der Waals surface area contributed by atoms with E-state index in [1.807, 2.05) is 13.8 Å². The Kier molecular flexibility index (Phi) is 6.24. The highest BCUT2D eigenvalue weighted by atomic mass is 16.3. The minimum absolute atomic E-state index is 0.0159. The highest BCUT2D eigenvalue weighted by Crippen LogP contribution is 2.20. The van der Waals surface area contributed by atoms with Gasteiger partial charge in [-0.15, -0.1) is 0 Å². The molecule has 1 aromatic heterocycles. The minimum atomic E-state index is -0.311. The van der Waals surface area contributed by atoms with Crippen molar-refractivity contribution in [1.82, 2.24) is 9.88 Å². The Morgan fingerprint density at radius 2 is 1.70 bits per heavy atom. The van der Waals surface area contributed by atoms with Crippen molar-refractivity contribution in [2.45, 2.75) is 39.0 Å². The third-order valence-corrected chi connectivity index (χ3v) is 4.58. The summed E-state index contributed by atoms with van der Waals surface area (Å²) in [6.07, 6.45) is 4.85. The van der Waals surface area contributed by atoms with Crippen LogP contribution in [0.2, 0.25) is 0 Å². The van der Waals surface area contributed by atoms with Crippen molar-refractivity contribution in [3.05, 3.63) is 42.1 Å². The first-order valence-corrected chi connectivity index (χ1v) is 9.40. The first kappa shape index (κ1) is 19.1. The van der Waals surface area contributed by atoms with Gasteiger partial charge in [-0.05, 0) is 50.2 Å². The van der Waals surface area contributed by atoms with E-state index >= 15 is 0 Å². The zero-order valence-corrected chi connectivity index (χ0v) is 15.8. The van der Waals surface area contributed by atoms with Crippen LogP contribution in [0, 0.1) is 0 Å². The SMILES string of the molecule is CC(C)c1ocnc1C(=O)Nc1ccc(NC(=O)CN2CCCCC2)cc1. The van der Waals surface area contributed by atoms with Crippen molar-refractivity contribution in [3.8, 4) is 0 Å². The van der Waals surface area contributed by atoms with E-state index in [1.54, 1.807) is 24.3 Å². The molecule has 7 nitrogen and oxygen atoms in total. The summed E-state index contributed by atoms with van der Waals surface area (Å²) < 4.78 is 5.29. The van der Waals surface area contributed by atoms with E-state index in [2.05, 4.69) is 20.5 Å². The molecule has 0 spiro atoms. The Morgan fingerprint density at radius 3 is 2.33 bits per heavy atom. The molecule has 2 N–H and O–H groups in total. The quantitative estimate of drug-likeness (QED) is 0.813. The van der Waals surface area contributed by atoms with E-state index in [4.69, 9.17) is 4.42 Å². The Bertz CT molecular complexity index is 777. The summed E-state index contributed by atoms with van der Waals surface area (Å²) in [5.74, 6) is 0.312. The van der Waals surface area contributed by atoms with Crippen molar-refractivity contribution in [2.75, 3.05) is 30.3 Å². The maximum absolute atomic E-state index is 12.4. The van der Waals surface area contributed by atoms with E-state index in [9.17, 15) is 9.59 Å². The maximum atomic E-state index is 12.4. The number of benzene rings is 1. The number of likely N-dealkylation sites (tertiary alicyclic amines) is 1. The molecule has 1 aromatic carbocycles. The van der Waals surface area contributed by atoms with Crippen LogP contribution in [-0.2, 0) is 4.79 Å². The molecule has 2 aromatic rings. The summed E-state index contributed by atoms with van der Waals surface area (Å²) in [7, 11) is 0. The second kappa shape index (κ2) is 8.81. The Balaban J connectivity index is 1.54. The first-order chi connectivity index (χ1) is 13.0. The van der Waals surface area contributed by atoms with Crippen LogP contribution in [0.5, 0.6) is 0 Å². The second-order valence-electron chi connectivity index (χ2n) is 7.14. The fourth-order valence-electron chi connectivity index (χ4n) is 3.18. The van der Waals surface area contributed by atoms with Gasteiger partial charge < -0.3 is 15.1 Å². The number of carbonyl (C=O) groups is 2. The smallest absolute Gasteiger partial charge is 0.277 e. The molecule has 0 bridgehead atoms. The molecule has 0 saturated carbocycles. The van der Waals surface area contributed by atoms with Crippen LogP contribution in [0.15, 0.2) is 35.1 Å². The van der Waals surface area contributed by atoms with Crippen LogP contribution in [0.1, 0.15) is 55.3 Å². The topological polar surface area (TPSA) is 87.5 Å². The number of amides is 2. The van der Waals surface area contributed by atoms with Gasteiger partial charge in [-0.3, -0.25) is 14.5 Å². The normalized spacial score (nSPS) is 14.9. The van der Waals surface area contributed by atoms with Crippen LogP contribution in [0.25, 0.3) is 0 Å². The number of hydrogen-bond acceptors (Lipinski definition) is 5. The van der Waals surface area contributed by atoms with E-state index in [0.29, 0.717) is 29.4 Å². The van der Waals surface area contributed by atoms with Crippen molar-refractivity contribution in [2.24, 2.45) is 0 Å². The first-order valence-electron chi connectivity index (χ1n) is 9.40. The van der Waals surface area contributed by atoms with Gasteiger partial charge in [0.25, 0.3) is 5.91 Å². The third-order valence-electron chi connectivity index (χ3n) is 4.58. The zero-order chi connectivity index (χ0) is 19.2. The molecule has 2 heterocycles. The van der Waals surface area contributed by atoms with E-state index < -0.39 is 0 Å². The molecule has 1 aliphatic rings. The van der Waals surface area contributed by atoms with Crippen molar-refractivity contribution in [3.63, 3.8) is 0 Å². The monoisotopic (exact) mass is 370 g/mol. The molecular weight excluding hydrogens is 344 g/mol. The molecule has 0 radical (unpaired) electrons. The minimum Gasteiger partial charge on any atom is -0.447 e. The van der Waals surface area contributed by atoms with Crippen LogP contribution in [0.4, 0.5) is 11.4 Å². The third kappa shape index (κ3) is 5.17. The van der Waals surface area contributed by atoms with Crippen LogP contribution in [-0.4, -0.2) is 41.3 Å². The lowest BCUT2D eigenvalue weighted by molar-refractivity contribution is -0.117. The largest absolute Gasteiger partial charge is 0.447 e. The maximum Gasteiger partial charge on any atom is 0.277 e. The summed E-state index contributed by atoms with van der Waals surface area (Å²) >= 11 is 0. The standard InChI is InChI=1S/C20H26N4O3/c1-14(2)19-18(21-13-27-19)20(26)23-16-8-6-15(7-9-16)22-17(25)12-24-10-4-3-5-11-24/h6-9,13-14H,3-5,10-12H2,1-2H3,(H,22,25)(H,23,26). The molecule has 27 heavy (non-hydrogen) atoms. The molecule has 144 valence electrons. The number of carbonyl (C=O) groups excluding carboxylic acids is 2. The number of nitrogens with one attached hydrogen (secondary N) is 2. The van der Waals surface area contributed by atoms with Crippen LogP contribution < -0.4 is 10.6 Å². The fraction of sp³-hybridized carbons (Fsp3) is 0.450. The van der Waals surface area contributed by atoms with Crippen molar-refractivity contribution < 1.29 is 14.0 Å². The van der Waals surface area contributed by atoms with Gasteiger partial charge in [-0.25, -0.2) is 4.98 Å². The molecular formula is C20H26N4O3. The lowest BCUT2D eigenvalue weighted by Crippen LogP contribution is -2.36. The molecule has 7 heteroatoms. The molecule has 0 unspecified atom stereocenters. The summed E-state index contributed by atoms with van der Waals surface area (Å²) in [6, 6.07) is 7.05. The predicted octanol–water partition coefficient (Wildman–Crippen LogP) is 3.47. The van der Waals surface area contributed by atoms with E-state index in [1.165, 1.54) is 12.8 Å². The highest BCUT2D eigenvalue weighted by molar-refractivity contribution is 6.03. The molecule has 2 amide bonds. The summed E-state index contributed by atoms with van der Waals surface area (Å²) in [4.78, 5) is 30.7. The Labute approximate surface area is 159 Å². The number of oxazole rings is 1. The fourth-order valence-corrected chi connectivity index (χ4v) is 3.18. The zero-order valence-electron chi connectivity index (χ0n) is 15.8. The van der Waals surface area contributed by atoms with E-state index in [-0.39, 0.29) is 17.7 Å². The Morgan fingerprint density at radius 1 is 1.07 bits per heavy atom. The summed E-state index contributed by atoms with van der Waals surface area (Å²) in [6.45, 7) is 6.28. The molecule has 0 aliphatic carbocycles. The lowest BCUT2D eigenvalue weighted by atomic mass is 10.1. The van der Waals surface area contributed by atoms with Gasteiger partial charge in [-0.2, -0.15) is 0 Å². The van der Waals surface area contributed by atoms with Gasteiger partial charge in [0, 0.05) is 17.3 Å². The van der Waals surface area contributed by atoms with Crippen molar-refractivity contribution >= 4 is 23.2 Å². The van der Waals surface area contributed by atoms with Gasteiger partial charge in [0.05, 0.1) is 6.54 Å². The van der Waals surface area contributed by atoms with Gasteiger partial charge in [0.15, 0.2) is 12.1 Å². The number of nitrogens with zero attached hydrogens (tertiary/aromatic N) is 2. The van der Waals surface area contributed by atoms with Crippen LogP contribution in [0.3, 0.4) is 0 Å².